The summed E-state index contributed by atoms with van der Waals surface area (Å²) in [7, 11) is -31.9. The molecule has 6 aromatic carbocycles. The van der Waals surface area contributed by atoms with Gasteiger partial charge in [0, 0.05) is 216 Å². The monoisotopic (exact) mass is 1170 g/mol. The molecule has 0 saturated heterocycles. The molecule has 25 nitrogen and oxygen atoms in total. The number of aliphatic imine (C=N–C) groups is 3. The molecule has 0 atom stereocenters. The molecule has 37 heteroatoms. The smallest absolute Gasteiger partial charge is 0.295 e. The maximum atomic E-state index is 12.4. The molecule has 6 aromatic rings. The molecule has 6 radical (unpaired) electrons. The van der Waals surface area contributed by atoms with Gasteiger partial charge in [-0.15, -0.1) is 0 Å². The summed E-state index contributed by atoms with van der Waals surface area (Å²) in [5.41, 5.74) is -1.74. The molecule has 0 heterocycles. The van der Waals surface area contributed by atoms with Crippen LogP contribution in [0.25, 0.3) is 21.5 Å². The molecule has 0 spiro atoms. The van der Waals surface area contributed by atoms with Gasteiger partial charge in [0.1, 0.15) is 19.6 Å². The van der Waals surface area contributed by atoms with Gasteiger partial charge in [0.05, 0.1) is 26.9 Å². The van der Waals surface area contributed by atoms with E-state index in [1.54, 1.807) is 0 Å². The van der Waals surface area contributed by atoms with Gasteiger partial charge in [0.15, 0.2) is 0 Å². The summed E-state index contributed by atoms with van der Waals surface area (Å²) in [4.78, 5) is 4.57. The Morgan fingerprint density at radius 1 is 0.389 bits per heavy atom. The number of hydrogen-bond acceptors (Lipinski definition) is 15. The summed E-state index contributed by atoms with van der Waals surface area (Å²) >= 11 is 0. The largest absolute Gasteiger partial charge is 0.493 e. The predicted molar refractivity (Wildman–Crippen MR) is 265 cm³/mol. The standard InChI is InChI=1S/C35H26N4O21S6.6Na/c40-33(38-25-7-9-27(63(49,50)51)23-13-21(61(43,44)45)15-29(31(23)25)65(55,56)57)17-3-1-5-19(11-17)36-35(42)37-20-6-2-4-18(12-20)34(41)39-26-8-10-28(64(52,53)54)24-14-22(62(46,47)48)16-30(32(24)26)66(58,59)60;;;;;;/h1-16H,(H,38,40)(H,39,41)(H2,36,37,42)(H,43,44,45)(H,46,47,48)(H,49,50,51)(H,52,53,54)(H,55,56,57)(H,58,59,60);;;;;;. The summed E-state index contributed by atoms with van der Waals surface area (Å²) in [6.07, 6.45) is 0. The molecule has 10 N–H and O–H groups in total. The first kappa shape index (κ1) is 71.5. The van der Waals surface area contributed by atoms with E-state index in [0.717, 1.165) is 24.3 Å². The normalized spacial score (nSPS) is 12.7. The molecule has 0 aliphatic rings. The van der Waals surface area contributed by atoms with Crippen LogP contribution in [-0.4, -0.2) is 288 Å². The Kier molecular flexibility index (Phi) is 26.7. The van der Waals surface area contributed by atoms with Crippen LogP contribution in [-0.2, 0) is 60.7 Å². The van der Waals surface area contributed by atoms with Crippen molar-refractivity contribution >= 4 is 300 Å². The number of anilines is 1. The second-order valence-corrected chi connectivity index (χ2v) is 21.7. The quantitative estimate of drug-likeness (QED) is 0.0363. The van der Waals surface area contributed by atoms with E-state index in [1.165, 1.54) is 36.4 Å². The Bertz CT molecular complexity index is 3900. The van der Waals surface area contributed by atoms with Crippen molar-refractivity contribution in [1.29, 1.82) is 0 Å². The summed E-state index contributed by atoms with van der Waals surface area (Å²) in [5.74, 6) is -1.87. The fourth-order valence-electron chi connectivity index (χ4n) is 6.18. The van der Waals surface area contributed by atoms with E-state index < -0.39 is 141 Å². The summed E-state index contributed by atoms with van der Waals surface area (Å²) in [6.45, 7) is 0. The van der Waals surface area contributed by atoms with Crippen LogP contribution in [0.1, 0.15) is 11.1 Å². The van der Waals surface area contributed by atoms with Crippen LogP contribution >= 0.6 is 0 Å². The zero-order valence-electron chi connectivity index (χ0n) is 38.0. The number of rotatable bonds is 12. The van der Waals surface area contributed by atoms with Gasteiger partial charge in [-0.05, 0) is 84.9 Å². The molecule has 0 unspecified atom stereocenters. The Labute approximate surface area is 542 Å². The minimum absolute atomic E-state index is 0. The van der Waals surface area contributed by atoms with Gasteiger partial charge in [-0.1, -0.05) is 12.1 Å². The average molecular weight is 1170 g/mol. The van der Waals surface area contributed by atoms with Crippen molar-refractivity contribution in [3.05, 3.63) is 108 Å². The van der Waals surface area contributed by atoms with Gasteiger partial charge in [-0.2, -0.15) is 55.5 Å². The molecular weight excluding hydrogens is 1140 g/mol. The van der Waals surface area contributed by atoms with E-state index in [0.29, 0.717) is 24.3 Å². The van der Waals surface area contributed by atoms with Crippen LogP contribution in [0.15, 0.2) is 141 Å². The first-order valence-electron chi connectivity index (χ1n) is 17.1. The Balaban J connectivity index is 0.00000840. The fraction of sp³-hybridized carbons (Fsp3) is 0. The van der Waals surface area contributed by atoms with E-state index in [1.807, 2.05) is 0 Å². The molecule has 0 amide bonds. The number of fused-ring (bicyclic) bond motifs is 2. The van der Waals surface area contributed by atoms with Crippen LogP contribution in [0.3, 0.4) is 0 Å². The minimum atomic E-state index is -5.45. The topological polar surface area (TPSA) is 436 Å². The third kappa shape index (κ3) is 17.3. The van der Waals surface area contributed by atoms with Crippen molar-refractivity contribution < 1.29 is 93.1 Å². The third-order valence-corrected chi connectivity index (χ3v) is 14.1. The molecule has 0 bridgehead atoms. The SMILES string of the molecule is O=S(=O)(O)c1cc(S(=O)(=O)O)c2c(N=C(O)c3cccc(N=C(O)Nc4cccc(C(O)=Nc5ccc(S(=O)(=O)O)c6cc(S(=O)(=O)O)cc(S(=O)(=O)O)c56)c4)c3)ccc(S(=O)(=O)O)c2c1.[Na].[Na].[Na].[Na].[Na].[Na]. The van der Waals surface area contributed by atoms with Gasteiger partial charge in [0.25, 0.3) is 66.7 Å². The van der Waals surface area contributed by atoms with E-state index in [9.17, 15) is 93.1 Å². The minimum Gasteiger partial charge on any atom is -0.493 e. The zero-order chi connectivity index (χ0) is 49.1. The van der Waals surface area contributed by atoms with E-state index >= 15 is 0 Å². The Morgan fingerprint density at radius 3 is 1.11 bits per heavy atom. The summed E-state index contributed by atoms with van der Waals surface area (Å²) < 4.78 is 204. The maximum Gasteiger partial charge on any atom is 0.295 e. The first-order chi connectivity index (χ1) is 30.2. The fourth-order valence-corrected chi connectivity index (χ4v) is 10.3. The van der Waals surface area contributed by atoms with Gasteiger partial charge in [0.2, 0.25) is 11.8 Å². The molecule has 6 rings (SSSR count). The Hall–Kier alpha value is -0.490. The summed E-state index contributed by atoms with van der Waals surface area (Å²) in [5, 5.41) is 31.8. The van der Waals surface area contributed by atoms with Crippen LogP contribution < -0.4 is 5.32 Å². The zero-order valence-corrected chi connectivity index (χ0v) is 54.9. The average Bonchev–Trinajstić information content (AvgIpc) is 3.17. The second-order valence-electron chi connectivity index (χ2n) is 13.3. The van der Waals surface area contributed by atoms with Crippen LogP contribution in [0.5, 0.6) is 0 Å². The van der Waals surface area contributed by atoms with Crippen LogP contribution in [0.4, 0.5) is 22.7 Å². The molecule has 0 aromatic heterocycles. The van der Waals surface area contributed by atoms with Gasteiger partial charge >= 0.3 is 0 Å². The second kappa shape index (κ2) is 26.9. The van der Waals surface area contributed by atoms with Gasteiger partial charge in [-0.25, -0.2) is 9.98 Å². The van der Waals surface area contributed by atoms with Crippen LogP contribution in [0.2, 0.25) is 0 Å². The molecule has 0 aliphatic carbocycles. The first-order valence-corrected chi connectivity index (χ1v) is 25.7. The van der Waals surface area contributed by atoms with Gasteiger partial charge in [-0.3, -0.25) is 27.3 Å². The number of benzene rings is 6. The van der Waals surface area contributed by atoms with Crippen molar-refractivity contribution in [2.75, 3.05) is 5.32 Å². The maximum absolute atomic E-state index is 12.4. The molecule has 0 saturated carbocycles. The van der Waals surface area contributed by atoms with Crippen molar-refractivity contribution in [2.24, 2.45) is 15.0 Å². The Morgan fingerprint density at radius 2 is 0.750 bits per heavy atom. The summed E-state index contributed by atoms with van der Waals surface area (Å²) in [6, 6.07) is 13.5. The van der Waals surface area contributed by atoms with Crippen LogP contribution in [0, 0.1) is 0 Å². The molecule has 0 aliphatic heterocycles. The number of aliphatic hydroxyl groups is 3. The molecular formula is C35H26N4Na6O21S6. The van der Waals surface area contributed by atoms with Crippen molar-refractivity contribution in [1.82, 2.24) is 0 Å². The number of aliphatic hydroxyl groups excluding tert-OH is 3. The third-order valence-electron chi connectivity index (χ3n) is 8.86. The molecule has 72 heavy (non-hydrogen) atoms. The van der Waals surface area contributed by atoms with E-state index in [2.05, 4.69) is 20.3 Å². The number of hydrogen-bond donors (Lipinski definition) is 10. The number of nitrogens with zero attached hydrogens (tertiary/aromatic N) is 3. The van der Waals surface area contributed by atoms with Crippen molar-refractivity contribution in [2.45, 2.75) is 29.4 Å². The number of nitrogens with one attached hydrogen (secondary N) is 1. The van der Waals surface area contributed by atoms with E-state index in [4.69, 9.17) is 0 Å². The predicted octanol–water partition coefficient (Wildman–Crippen LogP) is 2.12. The molecule has 0 fully saturated rings. The van der Waals surface area contributed by atoms with E-state index in [-0.39, 0.29) is 212 Å². The van der Waals surface area contributed by atoms with Gasteiger partial charge < -0.3 is 20.6 Å². The van der Waals surface area contributed by atoms with Crippen molar-refractivity contribution in [3.63, 3.8) is 0 Å². The van der Waals surface area contributed by atoms with Crippen molar-refractivity contribution in [3.8, 4) is 0 Å². The molecule has 354 valence electrons. The number of amidine groups is 1.